The van der Waals surface area contributed by atoms with Crippen LogP contribution in [0.25, 0.3) is 10.8 Å². The highest BCUT2D eigenvalue weighted by Crippen LogP contribution is 2.26. The van der Waals surface area contributed by atoms with Crippen molar-refractivity contribution in [1.82, 2.24) is 0 Å². The van der Waals surface area contributed by atoms with Gasteiger partial charge in [0.05, 0.1) is 0 Å². The molecule has 0 aliphatic heterocycles. The van der Waals surface area contributed by atoms with Crippen LogP contribution in [0, 0.1) is 0 Å². The zero-order valence-electron chi connectivity index (χ0n) is 7.64. The van der Waals surface area contributed by atoms with Crippen LogP contribution in [0.2, 0.25) is 0 Å². The van der Waals surface area contributed by atoms with Gasteiger partial charge in [-0.25, -0.2) is 0 Å². The van der Waals surface area contributed by atoms with E-state index >= 15 is 0 Å². The first-order chi connectivity index (χ1) is 6.98. The van der Waals surface area contributed by atoms with Crippen LogP contribution < -0.4 is 5.73 Å². The normalized spacial score (nSPS) is 11.8. The summed E-state index contributed by atoms with van der Waals surface area (Å²) in [5.74, 6) is 0. The van der Waals surface area contributed by atoms with Gasteiger partial charge in [-0.2, -0.15) is 8.42 Å². The van der Waals surface area contributed by atoms with E-state index in [0.29, 0.717) is 10.8 Å². The van der Waals surface area contributed by atoms with Gasteiger partial charge in [-0.3, -0.25) is 0 Å². The summed E-state index contributed by atoms with van der Waals surface area (Å²) in [6.45, 7) is 0. The molecule has 0 heterocycles. The molecular weight excluding hydrogens is 217 g/mol. The molecule has 2 aromatic carbocycles. The summed E-state index contributed by atoms with van der Waals surface area (Å²) in [5, 5.41) is 1.32. The van der Waals surface area contributed by atoms with Gasteiger partial charge >= 0.3 is 10.2 Å². The summed E-state index contributed by atoms with van der Waals surface area (Å²) in [6.07, 6.45) is 0. The van der Waals surface area contributed by atoms with Crippen LogP contribution in [0.1, 0.15) is 0 Å². The number of nitrogens with two attached hydrogens (primary N) is 1. The Bertz CT molecular complexity index is 622. The number of nitrogen functional groups attached to an aromatic ring is 1. The van der Waals surface area contributed by atoms with E-state index in [1.54, 1.807) is 24.3 Å². The van der Waals surface area contributed by atoms with Gasteiger partial charge in [-0.1, -0.05) is 24.3 Å². The highest BCUT2D eigenvalue weighted by atomic mass is 32.3. The van der Waals surface area contributed by atoms with Gasteiger partial charge in [0.1, 0.15) is 4.90 Å². The van der Waals surface area contributed by atoms with E-state index in [9.17, 15) is 12.3 Å². The Kier molecular flexibility index (Phi) is 2.12. The molecule has 0 spiro atoms. The first kappa shape index (κ1) is 9.92. The van der Waals surface area contributed by atoms with Gasteiger partial charge in [0.25, 0.3) is 0 Å². The Morgan fingerprint density at radius 1 is 1.13 bits per heavy atom. The molecule has 0 aliphatic carbocycles. The minimum Gasteiger partial charge on any atom is -0.398 e. The van der Waals surface area contributed by atoms with Gasteiger partial charge in [0.15, 0.2) is 0 Å². The van der Waals surface area contributed by atoms with Gasteiger partial charge in [-0.15, -0.1) is 3.89 Å². The first-order valence-electron chi connectivity index (χ1n) is 4.21. The summed E-state index contributed by atoms with van der Waals surface area (Å²) >= 11 is 0. The van der Waals surface area contributed by atoms with Crippen molar-refractivity contribution in [3.05, 3.63) is 36.4 Å². The first-order valence-corrected chi connectivity index (χ1v) is 5.60. The number of rotatable bonds is 1. The Labute approximate surface area is 86.5 Å². The van der Waals surface area contributed by atoms with Crippen molar-refractivity contribution in [3.8, 4) is 0 Å². The second-order valence-electron chi connectivity index (χ2n) is 3.17. The number of anilines is 1. The second-order valence-corrected chi connectivity index (χ2v) is 4.52. The maximum absolute atomic E-state index is 12.7. The zero-order valence-corrected chi connectivity index (χ0v) is 8.46. The summed E-state index contributed by atoms with van der Waals surface area (Å²) in [5.41, 5.74) is 5.88. The van der Waals surface area contributed by atoms with Crippen LogP contribution in [-0.2, 0) is 10.2 Å². The van der Waals surface area contributed by atoms with E-state index in [2.05, 4.69) is 0 Å². The molecule has 0 saturated carbocycles. The molecule has 0 atom stereocenters. The number of hydrogen-bond donors (Lipinski definition) is 1. The van der Waals surface area contributed by atoms with Gasteiger partial charge in [0, 0.05) is 11.1 Å². The smallest absolute Gasteiger partial charge is 0.332 e. The van der Waals surface area contributed by atoms with Crippen molar-refractivity contribution >= 4 is 26.7 Å². The molecule has 0 saturated heterocycles. The number of hydrogen-bond acceptors (Lipinski definition) is 3. The molecule has 0 aromatic heterocycles. The predicted octanol–water partition coefficient (Wildman–Crippen LogP) is 2.08. The minimum atomic E-state index is -4.70. The molecule has 0 fully saturated rings. The molecule has 15 heavy (non-hydrogen) atoms. The number of fused-ring (bicyclic) bond motifs is 1. The van der Waals surface area contributed by atoms with Crippen LogP contribution in [0.15, 0.2) is 41.3 Å². The quantitative estimate of drug-likeness (QED) is 0.597. The van der Waals surface area contributed by atoms with Crippen LogP contribution in [0.4, 0.5) is 9.57 Å². The van der Waals surface area contributed by atoms with Crippen LogP contribution in [0.5, 0.6) is 0 Å². The highest BCUT2D eigenvalue weighted by Gasteiger charge is 2.13. The van der Waals surface area contributed by atoms with Crippen molar-refractivity contribution in [1.29, 1.82) is 0 Å². The molecule has 2 N–H and O–H groups in total. The Balaban J connectivity index is 2.85. The molecule has 0 amide bonds. The third kappa shape index (κ3) is 1.78. The Morgan fingerprint density at radius 2 is 1.80 bits per heavy atom. The van der Waals surface area contributed by atoms with E-state index in [-0.39, 0.29) is 5.69 Å². The average Bonchev–Trinajstić information content (AvgIpc) is 2.16. The topological polar surface area (TPSA) is 60.2 Å². The summed E-state index contributed by atoms with van der Waals surface area (Å²) in [7, 11) is -4.70. The highest BCUT2D eigenvalue weighted by molar-refractivity contribution is 7.86. The van der Waals surface area contributed by atoms with E-state index < -0.39 is 15.1 Å². The molecule has 0 radical (unpaired) electrons. The fourth-order valence-corrected chi connectivity index (χ4v) is 1.99. The molecule has 3 nitrogen and oxygen atoms in total. The fraction of sp³-hybridized carbons (Fsp3) is 0. The molecule has 5 heteroatoms. The molecule has 2 rings (SSSR count). The SMILES string of the molecule is Nc1cc(S(=O)(=O)F)cc2ccccc12. The standard InChI is InChI=1S/C10H8FNO2S/c11-15(13,14)8-5-7-3-1-2-4-9(7)10(12)6-8/h1-6H,12H2. The van der Waals surface area contributed by atoms with Gasteiger partial charge < -0.3 is 5.73 Å². The maximum Gasteiger partial charge on any atom is 0.332 e. The van der Waals surface area contributed by atoms with Gasteiger partial charge in [0.2, 0.25) is 0 Å². The molecule has 0 unspecified atom stereocenters. The van der Waals surface area contributed by atoms with E-state index in [0.717, 1.165) is 6.07 Å². The van der Waals surface area contributed by atoms with Crippen LogP contribution in [-0.4, -0.2) is 8.42 Å². The fourth-order valence-electron chi connectivity index (χ4n) is 1.45. The maximum atomic E-state index is 12.7. The third-order valence-electron chi connectivity index (χ3n) is 2.15. The molecule has 0 aliphatic rings. The lowest BCUT2D eigenvalue weighted by molar-refractivity contribution is 0.552. The number of halogens is 1. The van der Waals surface area contributed by atoms with E-state index in [1.807, 2.05) is 0 Å². The Morgan fingerprint density at radius 3 is 2.47 bits per heavy atom. The third-order valence-corrected chi connectivity index (χ3v) is 2.95. The van der Waals surface area contributed by atoms with Crippen molar-refractivity contribution < 1.29 is 12.3 Å². The molecule has 2 aromatic rings. The molecule has 0 bridgehead atoms. The molecular formula is C10H8FNO2S. The second kappa shape index (κ2) is 3.20. The van der Waals surface area contributed by atoms with E-state index in [4.69, 9.17) is 5.73 Å². The van der Waals surface area contributed by atoms with Gasteiger partial charge in [-0.05, 0) is 17.5 Å². The lowest BCUT2D eigenvalue weighted by atomic mass is 10.1. The summed E-state index contributed by atoms with van der Waals surface area (Å²) in [6, 6.07) is 9.33. The summed E-state index contributed by atoms with van der Waals surface area (Å²) in [4.78, 5) is -0.404. The monoisotopic (exact) mass is 225 g/mol. The van der Waals surface area contributed by atoms with Crippen LogP contribution >= 0.6 is 0 Å². The largest absolute Gasteiger partial charge is 0.398 e. The minimum absolute atomic E-state index is 0.254. The van der Waals surface area contributed by atoms with Crippen molar-refractivity contribution in [2.24, 2.45) is 0 Å². The van der Waals surface area contributed by atoms with Crippen molar-refractivity contribution in [2.45, 2.75) is 4.90 Å². The van der Waals surface area contributed by atoms with Crippen LogP contribution in [0.3, 0.4) is 0 Å². The molecule has 78 valence electrons. The Hall–Kier alpha value is -1.62. The summed E-state index contributed by atoms with van der Waals surface area (Å²) < 4.78 is 34.2. The number of benzene rings is 2. The lowest BCUT2D eigenvalue weighted by Crippen LogP contribution is -1.95. The predicted molar refractivity (Wildman–Crippen MR) is 56.7 cm³/mol. The zero-order chi connectivity index (χ0) is 11.1. The van der Waals surface area contributed by atoms with E-state index in [1.165, 1.54) is 6.07 Å². The van der Waals surface area contributed by atoms with Crippen molar-refractivity contribution in [3.63, 3.8) is 0 Å². The van der Waals surface area contributed by atoms with Crippen molar-refractivity contribution in [2.75, 3.05) is 5.73 Å². The lowest BCUT2D eigenvalue weighted by Gasteiger charge is -2.03. The average molecular weight is 225 g/mol.